The average Bonchev–Trinajstić information content (AvgIpc) is 0.741. The Balaban J connectivity index is 1.29. The Bertz CT molecular complexity index is 3630. The van der Waals surface area contributed by atoms with Crippen LogP contribution in [0.25, 0.3) is 0 Å². The zero-order valence-electron chi connectivity index (χ0n) is 86.7. The zero-order chi connectivity index (χ0) is 107. The van der Waals surface area contributed by atoms with Gasteiger partial charge < -0.3 is 185 Å². The van der Waals surface area contributed by atoms with E-state index in [1.807, 2.05) is 6.08 Å². The molecule has 6 rings (SSSR count). The molecule has 0 aliphatic carbocycles. The molecule has 0 spiro atoms. The number of ether oxygens (including phenoxy) is 13. The number of allylic oxidation sites excluding steroid dienone is 1. The first-order valence-corrected chi connectivity index (χ1v) is 54.2. The van der Waals surface area contributed by atoms with Gasteiger partial charge in [-0.1, -0.05) is 271 Å². The minimum Gasteiger partial charge on any atom is -0.477 e. The van der Waals surface area contributed by atoms with Crippen LogP contribution in [0.4, 0.5) is 0 Å². The smallest absolute Gasteiger partial charge is 0.364 e. The lowest BCUT2D eigenvalue weighted by Crippen LogP contribution is -2.73. The SMILES string of the molecule is CCCCCCCCCCCCC/C=C/C(OC(=O)CCCCCCCCCCCCCCCCC)C(CO[C@@H]1O[C@H](CO)[C@@H](O[C@@H]2O[C@H](CO)[C@H](O[C@@H]3O[C@H](CO)[C@H](O[C@@H]4O[C@H](CO)[C@H](O)[C@H](O[C@@]5(C(=O)O)C[C@@H](O)[C@H](NC(C)=O)C([C@@H](O)[C@H](O)CO)O5)[C@H]4O)[C@H](O[C@@]4(C(=O)O)C[C@@H](O)[C@H](NC(C)=O)C([C@@H](O)[C@H](O)CO)O4)[C@H]3NC(C)=O)[C@H](O)[C@H]2O)[C@H](O)[C@H]1O)NC(=O)CCCCCCCCCCCCCCCCC. The highest BCUT2D eigenvalue weighted by Gasteiger charge is 2.65. The van der Waals surface area contributed by atoms with E-state index in [1.165, 1.54) is 154 Å². The first kappa shape index (κ1) is 129. The van der Waals surface area contributed by atoms with Gasteiger partial charge >= 0.3 is 17.9 Å². The molecule has 850 valence electrons. The fourth-order valence-corrected chi connectivity index (χ4v) is 19.9. The number of carboxylic acids is 2. The van der Waals surface area contributed by atoms with Crippen LogP contribution >= 0.6 is 0 Å². The lowest BCUT2D eigenvalue weighted by Gasteiger charge is -2.53. The van der Waals surface area contributed by atoms with Crippen molar-refractivity contribution in [3.05, 3.63) is 12.2 Å². The highest BCUT2D eigenvalue weighted by molar-refractivity contribution is 5.78. The number of aliphatic hydroxyl groups excluding tert-OH is 18. The van der Waals surface area contributed by atoms with Crippen molar-refractivity contribution in [2.24, 2.45) is 0 Å². The molecule has 44 heteroatoms. The van der Waals surface area contributed by atoms with Crippen LogP contribution in [0.1, 0.15) is 337 Å². The molecule has 34 atom stereocenters. The largest absolute Gasteiger partial charge is 0.477 e. The Kier molecular flexibility index (Phi) is 62.3. The number of amides is 4. The number of hydrogen-bond acceptors (Lipinski definition) is 38. The third-order valence-corrected chi connectivity index (χ3v) is 28.3. The van der Waals surface area contributed by atoms with Gasteiger partial charge in [0.05, 0.1) is 76.6 Å². The second-order valence-corrected chi connectivity index (χ2v) is 40.4. The Morgan fingerprint density at radius 1 is 0.370 bits per heavy atom. The summed E-state index contributed by atoms with van der Waals surface area (Å²) in [4.78, 5) is 95.1. The van der Waals surface area contributed by atoms with E-state index in [-0.39, 0.29) is 18.7 Å². The average molecular weight is 2100 g/mol. The van der Waals surface area contributed by atoms with Crippen LogP contribution in [0.5, 0.6) is 0 Å². The topological polar surface area (TPSA) is 692 Å². The maximum absolute atomic E-state index is 14.3. The number of aliphatic hydroxyl groups is 18. The molecule has 0 bridgehead atoms. The number of nitrogens with one attached hydrogen (secondary N) is 4. The molecule has 6 heterocycles. The van der Waals surface area contributed by atoms with E-state index < -0.39 is 302 Å². The summed E-state index contributed by atoms with van der Waals surface area (Å²) in [6.45, 7) is 1.37. The van der Waals surface area contributed by atoms with Crippen molar-refractivity contribution in [2.75, 3.05) is 46.2 Å². The Morgan fingerprint density at radius 2 is 0.699 bits per heavy atom. The fourth-order valence-electron chi connectivity index (χ4n) is 19.9. The molecular formula is C102H182N4O40. The molecule has 0 saturated carbocycles. The van der Waals surface area contributed by atoms with Gasteiger partial charge in [0, 0.05) is 46.5 Å². The van der Waals surface area contributed by atoms with E-state index in [0.29, 0.717) is 19.3 Å². The second-order valence-electron chi connectivity index (χ2n) is 40.4. The van der Waals surface area contributed by atoms with E-state index in [2.05, 4.69) is 42.0 Å². The molecule has 6 aliphatic heterocycles. The molecule has 6 saturated heterocycles. The van der Waals surface area contributed by atoms with E-state index >= 15 is 0 Å². The summed E-state index contributed by atoms with van der Waals surface area (Å²) in [6, 6.07) is -7.11. The van der Waals surface area contributed by atoms with E-state index in [4.69, 9.17) is 61.6 Å². The molecule has 6 aliphatic rings. The van der Waals surface area contributed by atoms with Crippen LogP contribution in [-0.2, 0) is 95.1 Å². The minimum atomic E-state index is -3.53. The van der Waals surface area contributed by atoms with Crippen LogP contribution in [0.15, 0.2) is 12.2 Å². The summed E-state index contributed by atoms with van der Waals surface area (Å²) in [6.07, 6.45) is -14.5. The predicted octanol–water partition coefficient (Wildman–Crippen LogP) is 2.94. The van der Waals surface area contributed by atoms with Crippen LogP contribution in [0.2, 0.25) is 0 Å². The summed E-state index contributed by atoms with van der Waals surface area (Å²) >= 11 is 0. The lowest BCUT2D eigenvalue weighted by atomic mass is 9.87. The first-order chi connectivity index (χ1) is 70.0. The molecule has 0 aromatic rings. The number of aliphatic carboxylic acids is 2. The molecule has 146 heavy (non-hydrogen) atoms. The number of rotatable bonds is 76. The summed E-state index contributed by atoms with van der Waals surface area (Å²) in [5.74, 6) is -15.2. The molecule has 24 N–H and O–H groups in total. The van der Waals surface area contributed by atoms with Crippen molar-refractivity contribution >= 4 is 41.5 Å². The van der Waals surface area contributed by atoms with E-state index in [0.717, 1.165) is 117 Å². The molecule has 4 amide bonds. The standard InChI is InChI=1S/C102H182N4O40/c1-7-10-13-16-19-22-25-28-30-33-36-39-42-45-48-51-75(120)106-65(70(50-47-44-41-38-35-32-27-24-21-18-15-12-9-3)135-76(121)52-49-46-43-40-37-34-31-29-26-23-20-17-14-11-8-2)61-134-96-85(127)83(125)89(72(58-110)138-96)141-97-86(128)84(126)88(73(59-111)139-97)140-95-79(105-64(6)115)93(145-101(99(130)131)53-66(116)77(103-62(4)113)91(143-101)80(122)68(118)55-107)90(74(60-112)137-95)142-98-87(129)94(82(124)71(57-109)136-98)146-102(100(132)133)54-67(117)78(104-63(5)114)92(144-102)81(123)69(119)56-108/h47,50,65-74,77-98,107-112,116-119,122-129H,7-46,48-49,51-61H2,1-6H3,(H,103,113)(H,104,114)(H,105,115)(H,106,120)(H,130,131)(H,132,133)/b50-47+/t65?,66-,67-,68-,69-,70?,71-,72-,73-,74-,77+,78+,79-,80+,81+,82+,83-,84-,85-,86-,87-,88+,89-,90+,91?,92?,93-,94+,95+,96-,97+,98+,101-,102-/m1/s1. The van der Waals surface area contributed by atoms with Crippen molar-refractivity contribution in [1.82, 2.24) is 21.3 Å². The number of unbranched alkanes of at least 4 members (excludes halogenated alkanes) is 39. The molecule has 44 nitrogen and oxygen atoms in total. The number of carbonyl (C=O) groups is 7. The van der Waals surface area contributed by atoms with Crippen molar-refractivity contribution in [3.63, 3.8) is 0 Å². The van der Waals surface area contributed by atoms with Crippen LogP contribution < -0.4 is 21.3 Å². The monoisotopic (exact) mass is 2100 g/mol. The van der Waals surface area contributed by atoms with Crippen molar-refractivity contribution in [3.8, 4) is 0 Å². The number of carboxylic acid groups (broad SMARTS) is 2. The van der Waals surface area contributed by atoms with Gasteiger partial charge in [-0.15, -0.1) is 0 Å². The highest BCUT2D eigenvalue weighted by atomic mass is 16.8. The Labute approximate surface area is 859 Å². The molecule has 0 radical (unpaired) electrons. The van der Waals surface area contributed by atoms with Crippen molar-refractivity contribution in [1.29, 1.82) is 0 Å². The molecule has 4 unspecified atom stereocenters. The minimum absolute atomic E-state index is 0.0831. The van der Waals surface area contributed by atoms with Gasteiger partial charge in [0.1, 0.15) is 140 Å². The third kappa shape index (κ3) is 41.9. The van der Waals surface area contributed by atoms with Gasteiger partial charge in [0.15, 0.2) is 25.2 Å². The van der Waals surface area contributed by atoms with Crippen LogP contribution in [0, 0.1) is 0 Å². The summed E-state index contributed by atoms with van der Waals surface area (Å²) in [5.41, 5.74) is 0. The van der Waals surface area contributed by atoms with E-state index in [1.54, 1.807) is 6.08 Å². The highest BCUT2D eigenvalue weighted by Crippen LogP contribution is 2.44. The van der Waals surface area contributed by atoms with Crippen molar-refractivity contribution in [2.45, 2.75) is 544 Å². The molecule has 0 aromatic heterocycles. The van der Waals surface area contributed by atoms with Gasteiger partial charge in [0.2, 0.25) is 23.6 Å². The first-order valence-electron chi connectivity index (χ1n) is 54.2. The molecule has 0 aromatic carbocycles. The van der Waals surface area contributed by atoms with Crippen LogP contribution in [0.3, 0.4) is 0 Å². The molecule has 6 fully saturated rings. The number of hydrogen-bond donors (Lipinski definition) is 24. The molecular weight excluding hydrogens is 1920 g/mol. The lowest BCUT2D eigenvalue weighted by molar-refractivity contribution is -0.402. The van der Waals surface area contributed by atoms with Gasteiger partial charge in [-0.25, -0.2) is 9.59 Å². The Hall–Kier alpha value is -5.17. The van der Waals surface area contributed by atoms with Crippen LogP contribution in [-0.4, -0.2) is 397 Å². The van der Waals surface area contributed by atoms with E-state index in [9.17, 15) is 136 Å². The third-order valence-electron chi connectivity index (χ3n) is 28.3. The summed E-state index contributed by atoms with van der Waals surface area (Å²) in [7, 11) is 0. The predicted molar refractivity (Wildman–Crippen MR) is 523 cm³/mol. The van der Waals surface area contributed by atoms with Gasteiger partial charge in [-0.05, 0) is 31.8 Å². The normalized spacial score (nSPS) is 32.1. The maximum atomic E-state index is 14.3. The summed E-state index contributed by atoms with van der Waals surface area (Å²) in [5, 5.41) is 238. The Morgan fingerprint density at radius 3 is 1.09 bits per heavy atom. The number of esters is 1. The summed E-state index contributed by atoms with van der Waals surface area (Å²) < 4.78 is 79.6. The van der Waals surface area contributed by atoms with Gasteiger partial charge in [-0.2, -0.15) is 0 Å². The number of carbonyl (C=O) groups excluding carboxylic acids is 5. The quantitative estimate of drug-likeness (QED) is 0.0236. The second kappa shape index (κ2) is 70.3. The van der Waals surface area contributed by atoms with Crippen molar-refractivity contribution < 1.29 is 197 Å². The fraction of sp³-hybridized carbons (Fsp3) is 0.912. The van der Waals surface area contributed by atoms with Gasteiger partial charge in [0.25, 0.3) is 11.6 Å². The zero-order valence-corrected chi connectivity index (χ0v) is 86.7. The van der Waals surface area contributed by atoms with Gasteiger partial charge in [-0.3, -0.25) is 24.0 Å². The maximum Gasteiger partial charge on any atom is 0.364 e.